The van der Waals surface area contributed by atoms with E-state index in [0.29, 0.717) is 5.56 Å². The average Bonchev–Trinajstić information content (AvgIpc) is 2.63. The van der Waals surface area contributed by atoms with E-state index in [2.05, 4.69) is 0 Å². The van der Waals surface area contributed by atoms with E-state index in [1.165, 1.54) is 11.3 Å². The lowest BCUT2D eigenvalue weighted by Gasteiger charge is -2.11. The van der Waals surface area contributed by atoms with E-state index in [1.807, 2.05) is 5.32 Å². The third-order valence-electron chi connectivity index (χ3n) is 1.67. The number of halogens is 3. The number of rotatable bonds is 3. The van der Waals surface area contributed by atoms with Crippen LogP contribution in [0.5, 0.6) is 0 Å². The molecular weight excluding hydrogens is 241 g/mol. The number of nitriles is 1. The second-order valence-electron chi connectivity index (χ2n) is 2.98. The van der Waals surface area contributed by atoms with Crippen molar-refractivity contribution in [1.82, 2.24) is 5.32 Å². The molecule has 0 aliphatic carbocycles. The predicted octanol–water partition coefficient (Wildman–Crippen LogP) is 2.38. The van der Waals surface area contributed by atoms with Crippen molar-refractivity contribution in [2.24, 2.45) is 0 Å². The summed E-state index contributed by atoms with van der Waals surface area (Å²) in [7, 11) is 0. The lowest BCUT2D eigenvalue weighted by atomic mass is 10.1. The summed E-state index contributed by atoms with van der Waals surface area (Å²) < 4.78 is 35.6. The molecule has 1 rings (SSSR count). The molecule has 0 saturated heterocycles. The Morgan fingerprint density at radius 2 is 2.31 bits per heavy atom. The summed E-state index contributed by atoms with van der Waals surface area (Å²) in [5.74, 6) is -1.20. The minimum absolute atomic E-state index is 0.489. The maximum Gasteiger partial charge on any atom is 0.397 e. The third kappa shape index (κ3) is 3.90. The quantitative estimate of drug-likeness (QED) is 0.892. The SMILES string of the molecule is N#C[C@@H](NC(=O)CC(F)(F)F)c1ccsc1. The topological polar surface area (TPSA) is 52.9 Å². The normalized spacial score (nSPS) is 12.9. The lowest BCUT2D eigenvalue weighted by Crippen LogP contribution is -2.31. The Morgan fingerprint density at radius 1 is 1.62 bits per heavy atom. The van der Waals surface area contributed by atoms with Crippen LogP contribution in [0.2, 0.25) is 0 Å². The number of hydrogen-bond donors (Lipinski definition) is 1. The molecule has 1 atom stereocenters. The van der Waals surface area contributed by atoms with Crippen molar-refractivity contribution in [2.45, 2.75) is 18.6 Å². The van der Waals surface area contributed by atoms with Crippen LogP contribution in [0.4, 0.5) is 13.2 Å². The fraction of sp³-hybridized carbons (Fsp3) is 0.333. The van der Waals surface area contributed by atoms with Crippen LogP contribution in [-0.2, 0) is 4.79 Å². The molecule has 7 heteroatoms. The second-order valence-corrected chi connectivity index (χ2v) is 3.76. The molecule has 0 aromatic carbocycles. The van der Waals surface area contributed by atoms with E-state index in [0.717, 1.165) is 0 Å². The van der Waals surface area contributed by atoms with Gasteiger partial charge in [0.15, 0.2) is 0 Å². The molecule has 1 aromatic rings. The molecule has 86 valence electrons. The van der Waals surface area contributed by atoms with Crippen LogP contribution in [0, 0.1) is 11.3 Å². The van der Waals surface area contributed by atoms with Crippen molar-refractivity contribution < 1.29 is 18.0 Å². The summed E-state index contributed by atoms with van der Waals surface area (Å²) in [5, 5.41) is 14.0. The van der Waals surface area contributed by atoms with Gasteiger partial charge >= 0.3 is 6.18 Å². The Hall–Kier alpha value is -1.55. The first kappa shape index (κ1) is 12.5. The second kappa shape index (κ2) is 4.99. The Balaban J connectivity index is 2.59. The van der Waals surface area contributed by atoms with E-state index in [-0.39, 0.29) is 0 Å². The standard InChI is InChI=1S/C9H7F3N2OS/c10-9(11,12)3-8(15)14-7(4-13)6-1-2-16-5-6/h1-2,5,7H,3H2,(H,14,15)/t7-/m1/s1. The summed E-state index contributed by atoms with van der Waals surface area (Å²) >= 11 is 1.30. The van der Waals surface area contributed by atoms with Crippen LogP contribution in [-0.4, -0.2) is 12.1 Å². The fourth-order valence-electron chi connectivity index (χ4n) is 1.02. The fourth-order valence-corrected chi connectivity index (χ4v) is 1.71. The number of thiophene rings is 1. The smallest absolute Gasteiger partial charge is 0.336 e. The number of nitrogens with zero attached hydrogens (tertiary/aromatic N) is 1. The van der Waals surface area contributed by atoms with E-state index >= 15 is 0 Å². The molecule has 3 nitrogen and oxygen atoms in total. The van der Waals surface area contributed by atoms with Crippen molar-refractivity contribution in [3.05, 3.63) is 22.4 Å². The molecule has 1 N–H and O–H groups in total. The molecule has 0 aliphatic heterocycles. The van der Waals surface area contributed by atoms with Gasteiger partial charge in [-0.05, 0) is 22.4 Å². The Labute approximate surface area is 93.5 Å². The van der Waals surface area contributed by atoms with Crippen LogP contribution in [0.3, 0.4) is 0 Å². The molecule has 0 fully saturated rings. The highest BCUT2D eigenvalue weighted by Crippen LogP contribution is 2.21. The van der Waals surface area contributed by atoms with E-state index in [1.54, 1.807) is 22.9 Å². The number of nitrogens with one attached hydrogen (secondary N) is 1. The van der Waals surface area contributed by atoms with Crippen molar-refractivity contribution in [3.63, 3.8) is 0 Å². The first-order valence-corrected chi connectivity index (χ1v) is 5.14. The van der Waals surface area contributed by atoms with Crippen molar-refractivity contribution in [3.8, 4) is 6.07 Å². The minimum Gasteiger partial charge on any atom is -0.336 e. The highest BCUT2D eigenvalue weighted by Gasteiger charge is 2.32. The summed E-state index contributed by atoms with van der Waals surface area (Å²) in [6, 6.07) is 2.28. The Morgan fingerprint density at radius 3 is 2.75 bits per heavy atom. The van der Waals surface area contributed by atoms with Crippen LogP contribution in [0.25, 0.3) is 0 Å². The van der Waals surface area contributed by atoms with Gasteiger partial charge in [-0.1, -0.05) is 0 Å². The molecule has 0 aliphatic rings. The van der Waals surface area contributed by atoms with Gasteiger partial charge in [0, 0.05) is 0 Å². The first-order chi connectivity index (χ1) is 7.42. The zero-order chi connectivity index (χ0) is 12.2. The third-order valence-corrected chi connectivity index (χ3v) is 2.37. The van der Waals surface area contributed by atoms with Gasteiger partial charge in [0.05, 0.1) is 6.07 Å². The van der Waals surface area contributed by atoms with E-state index in [4.69, 9.17) is 5.26 Å². The van der Waals surface area contributed by atoms with Gasteiger partial charge < -0.3 is 5.32 Å². The molecule has 1 aromatic heterocycles. The van der Waals surface area contributed by atoms with Gasteiger partial charge in [-0.2, -0.15) is 29.8 Å². The molecule has 16 heavy (non-hydrogen) atoms. The summed E-state index contributed by atoms with van der Waals surface area (Å²) in [5.41, 5.74) is 0.489. The maximum atomic E-state index is 11.9. The lowest BCUT2D eigenvalue weighted by molar-refractivity contribution is -0.154. The molecule has 0 saturated carbocycles. The first-order valence-electron chi connectivity index (χ1n) is 4.20. The zero-order valence-corrected chi connectivity index (χ0v) is 8.73. The average molecular weight is 248 g/mol. The molecule has 1 amide bonds. The zero-order valence-electron chi connectivity index (χ0n) is 7.91. The molecular formula is C9H7F3N2OS. The molecule has 1 heterocycles. The number of alkyl halides is 3. The molecule has 0 unspecified atom stereocenters. The summed E-state index contributed by atoms with van der Waals surface area (Å²) in [4.78, 5) is 10.9. The van der Waals surface area contributed by atoms with Gasteiger partial charge in [-0.25, -0.2) is 0 Å². The maximum absolute atomic E-state index is 11.9. The van der Waals surface area contributed by atoms with Crippen LogP contribution < -0.4 is 5.32 Å². The number of amides is 1. The highest BCUT2D eigenvalue weighted by atomic mass is 32.1. The molecule has 0 radical (unpaired) electrons. The highest BCUT2D eigenvalue weighted by molar-refractivity contribution is 7.08. The van der Waals surface area contributed by atoms with Crippen LogP contribution in [0.15, 0.2) is 16.8 Å². The number of carbonyl (C=O) groups excluding carboxylic acids is 1. The van der Waals surface area contributed by atoms with Crippen LogP contribution in [0.1, 0.15) is 18.0 Å². The van der Waals surface area contributed by atoms with E-state index < -0.39 is 24.5 Å². The summed E-state index contributed by atoms with van der Waals surface area (Å²) in [6.07, 6.45) is -6.13. The van der Waals surface area contributed by atoms with Gasteiger partial charge in [0.25, 0.3) is 0 Å². The monoisotopic (exact) mass is 248 g/mol. The number of carbonyl (C=O) groups is 1. The minimum atomic E-state index is -4.56. The van der Waals surface area contributed by atoms with Crippen molar-refractivity contribution >= 4 is 17.2 Å². The van der Waals surface area contributed by atoms with Crippen molar-refractivity contribution in [1.29, 1.82) is 5.26 Å². The van der Waals surface area contributed by atoms with E-state index in [9.17, 15) is 18.0 Å². The molecule has 0 bridgehead atoms. The van der Waals surface area contributed by atoms with Crippen LogP contribution >= 0.6 is 11.3 Å². The number of hydrogen-bond acceptors (Lipinski definition) is 3. The van der Waals surface area contributed by atoms with Gasteiger partial charge in [-0.3, -0.25) is 4.79 Å². The largest absolute Gasteiger partial charge is 0.397 e. The van der Waals surface area contributed by atoms with Gasteiger partial charge in [-0.15, -0.1) is 0 Å². The van der Waals surface area contributed by atoms with Crippen molar-refractivity contribution in [2.75, 3.05) is 0 Å². The molecule has 0 spiro atoms. The summed E-state index contributed by atoms with van der Waals surface area (Å²) in [6.45, 7) is 0. The Kier molecular flexibility index (Phi) is 3.90. The van der Waals surface area contributed by atoms with Gasteiger partial charge in [0.2, 0.25) is 5.91 Å². The predicted molar refractivity (Wildman–Crippen MR) is 51.5 cm³/mol. The Bertz CT molecular complexity index is 394. The van der Waals surface area contributed by atoms with Gasteiger partial charge in [0.1, 0.15) is 12.5 Å².